The van der Waals surface area contributed by atoms with Crippen LogP contribution in [0, 0.1) is 11.8 Å². The van der Waals surface area contributed by atoms with Crippen molar-refractivity contribution in [2.75, 3.05) is 33.4 Å². The molecule has 0 aromatic rings. The molecule has 2 N–H and O–H groups in total. The maximum Gasteiger partial charge on any atom is 0.0589 e. The number of methoxy groups -OCH3 is 1. The Morgan fingerprint density at radius 3 is 2.47 bits per heavy atom. The zero-order valence-corrected chi connectivity index (χ0v) is 10.4. The zero-order chi connectivity index (χ0) is 11.3. The van der Waals surface area contributed by atoms with Crippen LogP contribution in [-0.4, -0.2) is 44.3 Å². The van der Waals surface area contributed by atoms with Crippen LogP contribution in [-0.2, 0) is 4.74 Å². The molecule has 0 spiro atoms. The van der Waals surface area contributed by atoms with E-state index in [9.17, 15) is 0 Å². The van der Waals surface area contributed by atoms with Gasteiger partial charge in [-0.1, -0.05) is 13.8 Å². The van der Waals surface area contributed by atoms with Crippen molar-refractivity contribution in [3.63, 3.8) is 0 Å². The minimum absolute atomic E-state index is 0.376. The van der Waals surface area contributed by atoms with E-state index in [1.807, 2.05) is 0 Å². The van der Waals surface area contributed by atoms with Gasteiger partial charge in [0, 0.05) is 32.8 Å². The molecule has 0 heterocycles. The fourth-order valence-electron chi connectivity index (χ4n) is 1.97. The van der Waals surface area contributed by atoms with E-state index < -0.39 is 0 Å². The SMILES string of the molecule is COCCN(CC(C)C)CC(N)C1CC1. The largest absolute Gasteiger partial charge is 0.383 e. The van der Waals surface area contributed by atoms with Gasteiger partial charge in [-0.2, -0.15) is 0 Å². The van der Waals surface area contributed by atoms with Crippen LogP contribution in [0.15, 0.2) is 0 Å². The standard InChI is InChI=1S/C12H26N2O/c1-10(2)8-14(6-7-15-3)9-12(13)11-4-5-11/h10-12H,4-9,13H2,1-3H3. The number of nitrogens with zero attached hydrogens (tertiary/aromatic N) is 1. The molecule has 0 radical (unpaired) electrons. The lowest BCUT2D eigenvalue weighted by Crippen LogP contribution is -2.42. The van der Waals surface area contributed by atoms with Gasteiger partial charge in [-0.25, -0.2) is 0 Å². The van der Waals surface area contributed by atoms with Gasteiger partial charge in [0.2, 0.25) is 0 Å². The Bertz CT molecular complexity index is 169. The van der Waals surface area contributed by atoms with Crippen LogP contribution in [0.1, 0.15) is 26.7 Å². The summed E-state index contributed by atoms with van der Waals surface area (Å²) in [4.78, 5) is 2.44. The lowest BCUT2D eigenvalue weighted by molar-refractivity contribution is 0.134. The molecule has 0 bridgehead atoms. The molecule has 1 atom stereocenters. The van der Waals surface area contributed by atoms with Gasteiger partial charge in [-0.15, -0.1) is 0 Å². The minimum Gasteiger partial charge on any atom is -0.383 e. The lowest BCUT2D eigenvalue weighted by Gasteiger charge is -2.26. The highest BCUT2D eigenvalue weighted by Gasteiger charge is 2.29. The summed E-state index contributed by atoms with van der Waals surface area (Å²) in [6.45, 7) is 8.49. The summed E-state index contributed by atoms with van der Waals surface area (Å²) in [5, 5.41) is 0. The first-order valence-electron chi connectivity index (χ1n) is 6.10. The van der Waals surface area contributed by atoms with Crippen molar-refractivity contribution in [1.82, 2.24) is 4.90 Å². The van der Waals surface area contributed by atoms with E-state index in [0.717, 1.165) is 32.2 Å². The fourth-order valence-corrected chi connectivity index (χ4v) is 1.97. The van der Waals surface area contributed by atoms with Crippen molar-refractivity contribution in [2.45, 2.75) is 32.7 Å². The van der Waals surface area contributed by atoms with Crippen LogP contribution in [0.3, 0.4) is 0 Å². The van der Waals surface area contributed by atoms with Gasteiger partial charge in [-0.05, 0) is 24.7 Å². The van der Waals surface area contributed by atoms with E-state index in [4.69, 9.17) is 10.5 Å². The average Bonchev–Trinajstić information content (AvgIpc) is 2.96. The Morgan fingerprint density at radius 1 is 1.33 bits per heavy atom. The Balaban J connectivity index is 2.25. The van der Waals surface area contributed by atoms with E-state index >= 15 is 0 Å². The van der Waals surface area contributed by atoms with Crippen molar-refractivity contribution in [1.29, 1.82) is 0 Å². The molecule has 0 aromatic heterocycles. The molecular formula is C12H26N2O. The summed E-state index contributed by atoms with van der Waals surface area (Å²) in [6, 6.07) is 0.376. The van der Waals surface area contributed by atoms with Crippen LogP contribution in [0.4, 0.5) is 0 Å². The summed E-state index contributed by atoms with van der Waals surface area (Å²) >= 11 is 0. The molecule has 90 valence electrons. The van der Waals surface area contributed by atoms with Crippen molar-refractivity contribution in [2.24, 2.45) is 17.6 Å². The molecule has 0 amide bonds. The Labute approximate surface area is 94.0 Å². The highest BCUT2D eigenvalue weighted by molar-refractivity contribution is 4.86. The van der Waals surface area contributed by atoms with Crippen molar-refractivity contribution in [3.8, 4) is 0 Å². The summed E-state index contributed by atoms with van der Waals surface area (Å²) in [5.41, 5.74) is 6.14. The molecule has 0 aliphatic heterocycles. The van der Waals surface area contributed by atoms with Crippen molar-refractivity contribution < 1.29 is 4.74 Å². The lowest BCUT2D eigenvalue weighted by atomic mass is 10.1. The normalized spacial score (nSPS) is 18.8. The second-order valence-electron chi connectivity index (χ2n) is 5.15. The number of rotatable bonds is 8. The first-order valence-corrected chi connectivity index (χ1v) is 6.10. The molecule has 0 aromatic carbocycles. The van der Waals surface area contributed by atoms with E-state index in [0.29, 0.717) is 12.0 Å². The van der Waals surface area contributed by atoms with E-state index in [-0.39, 0.29) is 0 Å². The first kappa shape index (κ1) is 12.9. The third-order valence-corrected chi connectivity index (χ3v) is 2.93. The fraction of sp³-hybridized carbons (Fsp3) is 1.00. The average molecular weight is 214 g/mol. The number of ether oxygens (including phenoxy) is 1. The number of hydrogen-bond donors (Lipinski definition) is 1. The molecule has 3 nitrogen and oxygen atoms in total. The summed E-state index contributed by atoms with van der Waals surface area (Å²) in [5.74, 6) is 1.50. The Hall–Kier alpha value is -0.120. The van der Waals surface area contributed by atoms with Crippen molar-refractivity contribution in [3.05, 3.63) is 0 Å². The van der Waals surface area contributed by atoms with E-state index in [2.05, 4.69) is 18.7 Å². The van der Waals surface area contributed by atoms with Gasteiger partial charge in [0.05, 0.1) is 6.61 Å². The number of nitrogens with two attached hydrogens (primary N) is 1. The van der Waals surface area contributed by atoms with E-state index in [1.165, 1.54) is 12.8 Å². The Morgan fingerprint density at radius 2 is 2.00 bits per heavy atom. The quantitative estimate of drug-likeness (QED) is 0.662. The van der Waals surface area contributed by atoms with Crippen LogP contribution < -0.4 is 5.73 Å². The third kappa shape index (κ3) is 5.50. The Kier molecular flexibility index (Phi) is 5.58. The summed E-state index contributed by atoms with van der Waals surface area (Å²) in [6.07, 6.45) is 2.67. The maximum absolute atomic E-state index is 6.14. The van der Waals surface area contributed by atoms with Gasteiger partial charge in [0.1, 0.15) is 0 Å². The molecule has 0 saturated heterocycles. The topological polar surface area (TPSA) is 38.5 Å². The predicted octanol–water partition coefficient (Wildman–Crippen LogP) is 1.33. The minimum atomic E-state index is 0.376. The van der Waals surface area contributed by atoms with Gasteiger partial charge in [0.15, 0.2) is 0 Å². The van der Waals surface area contributed by atoms with Crippen LogP contribution in [0.25, 0.3) is 0 Å². The third-order valence-electron chi connectivity index (χ3n) is 2.93. The highest BCUT2D eigenvalue weighted by atomic mass is 16.5. The van der Waals surface area contributed by atoms with Gasteiger partial charge in [-0.3, -0.25) is 4.90 Å². The molecular weight excluding hydrogens is 188 g/mol. The van der Waals surface area contributed by atoms with Crippen LogP contribution in [0.5, 0.6) is 0 Å². The summed E-state index contributed by atoms with van der Waals surface area (Å²) < 4.78 is 5.13. The number of hydrogen-bond acceptors (Lipinski definition) is 3. The van der Waals surface area contributed by atoms with Crippen LogP contribution >= 0.6 is 0 Å². The molecule has 1 aliphatic carbocycles. The van der Waals surface area contributed by atoms with Crippen LogP contribution in [0.2, 0.25) is 0 Å². The zero-order valence-electron chi connectivity index (χ0n) is 10.4. The second-order valence-corrected chi connectivity index (χ2v) is 5.15. The van der Waals surface area contributed by atoms with E-state index in [1.54, 1.807) is 7.11 Å². The van der Waals surface area contributed by atoms with Gasteiger partial charge >= 0.3 is 0 Å². The molecule has 1 aliphatic rings. The van der Waals surface area contributed by atoms with Gasteiger partial charge in [0.25, 0.3) is 0 Å². The molecule has 1 saturated carbocycles. The predicted molar refractivity (Wildman–Crippen MR) is 63.9 cm³/mol. The first-order chi connectivity index (χ1) is 7.13. The summed E-state index contributed by atoms with van der Waals surface area (Å²) in [7, 11) is 1.76. The molecule has 3 heteroatoms. The molecule has 1 rings (SSSR count). The highest BCUT2D eigenvalue weighted by Crippen LogP contribution is 2.31. The molecule has 15 heavy (non-hydrogen) atoms. The molecule has 1 unspecified atom stereocenters. The maximum atomic E-state index is 6.14. The smallest absolute Gasteiger partial charge is 0.0589 e. The molecule has 1 fully saturated rings. The van der Waals surface area contributed by atoms with Gasteiger partial charge < -0.3 is 10.5 Å². The second kappa shape index (κ2) is 6.46. The van der Waals surface area contributed by atoms with Crippen molar-refractivity contribution >= 4 is 0 Å². The monoisotopic (exact) mass is 214 g/mol.